The first-order chi connectivity index (χ1) is 8.59. The maximum atomic E-state index is 13.9. The van der Waals surface area contributed by atoms with E-state index in [2.05, 4.69) is 0 Å². The van der Waals surface area contributed by atoms with Gasteiger partial charge in [0, 0.05) is 12.6 Å². The molecule has 0 bridgehead atoms. The van der Waals surface area contributed by atoms with Gasteiger partial charge >= 0.3 is 0 Å². The summed E-state index contributed by atoms with van der Waals surface area (Å²) in [6, 6.07) is 8.34. The van der Waals surface area contributed by atoms with Crippen molar-refractivity contribution in [1.29, 1.82) is 0 Å². The van der Waals surface area contributed by atoms with Crippen LogP contribution in [0.25, 0.3) is 0 Å². The van der Waals surface area contributed by atoms with E-state index < -0.39 is 6.10 Å². The van der Waals surface area contributed by atoms with Gasteiger partial charge in [-0.1, -0.05) is 12.1 Å². The summed E-state index contributed by atoms with van der Waals surface area (Å²) in [5.74, 6) is 0.403. The van der Waals surface area contributed by atoms with E-state index in [1.165, 1.54) is 6.07 Å². The first kappa shape index (κ1) is 12.6. The third-order valence-electron chi connectivity index (χ3n) is 2.82. The van der Waals surface area contributed by atoms with E-state index >= 15 is 0 Å². The summed E-state index contributed by atoms with van der Waals surface area (Å²) < 4.78 is 19.1. The maximum absolute atomic E-state index is 13.9. The molecule has 2 aromatic rings. The minimum Gasteiger partial charge on any atom is -0.467 e. The number of furan rings is 1. The Balaban J connectivity index is 2.31. The van der Waals surface area contributed by atoms with Crippen LogP contribution in [0.4, 0.5) is 10.1 Å². The molecule has 0 spiro atoms. The number of para-hydroxylation sites is 1. The minimum atomic E-state index is -0.713. The lowest BCUT2D eigenvalue weighted by atomic mass is 10.1. The van der Waals surface area contributed by atoms with E-state index in [1.54, 1.807) is 43.3 Å². The molecule has 0 aliphatic carbocycles. The van der Waals surface area contributed by atoms with Gasteiger partial charge in [0.15, 0.2) is 0 Å². The Morgan fingerprint density at radius 2 is 2.11 bits per heavy atom. The average Bonchev–Trinajstić information content (AvgIpc) is 2.81. The largest absolute Gasteiger partial charge is 0.467 e. The van der Waals surface area contributed by atoms with Gasteiger partial charge in [-0.2, -0.15) is 0 Å². The molecular weight excluding hydrogens is 233 g/mol. The van der Waals surface area contributed by atoms with Crippen LogP contribution < -0.4 is 4.90 Å². The van der Waals surface area contributed by atoms with Crippen molar-refractivity contribution in [3.63, 3.8) is 0 Å². The summed E-state index contributed by atoms with van der Waals surface area (Å²) in [4.78, 5) is 1.73. The van der Waals surface area contributed by atoms with Crippen LogP contribution in [0.5, 0.6) is 0 Å². The van der Waals surface area contributed by atoms with E-state index in [-0.39, 0.29) is 5.82 Å². The van der Waals surface area contributed by atoms with Crippen LogP contribution in [-0.4, -0.2) is 12.2 Å². The zero-order valence-electron chi connectivity index (χ0n) is 10.4. The first-order valence-electron chi connectivity index (χ1n) is 5.79. The lowest BCUT2D eigenvalue weighted by molar-refractivity contribution is 0.199. The SMILES string of the molecule is C[C@H](O)c1cccc(F)c1N(C)Cc1ccco1. The number of benzene rings is 1. The summed E-state index contributed by atoms with van der Waals surface area (Å²) in [7, 11) is 1.77. The minimum absolute atomic E-state index is 0.345. The van der Waals surface area contributed by atoms with E-state index in [0.29, 0.717) is 17.8 Å². The van der Waals surface area contributed by atoms with E-state index in [4.69, 9.17) is 4.42 Å². The average molecular weight is 249 g/mol. The van der Waals surface area contributed by atoms with E-state index in [0.717, 1.165) is 5.76 Å². The van der Waals surface area contributed by atoms with Gasteiger partial charge in [0.2, 0.25) is 0 Å². The van der Waals surface area contributed by atoms with Gasteiger partial charge in [0.05, 0.1) is 24.6 Å². The molecule has 18 heavy (non-hydrogen) atoms. The van der Waals surface area contributed by atoms with Crippen LogP contribution in [0.15, 0.2) is 41.0 Å². The van der Waals surface area contributed by atoms with Gasteiger partial charge in [-0.3, -0.25) is 0 Å². The Morgan fingerprint density at radius 3 is 2.72 bits per heavy atom. The Bertz CT molecular complexity index is 509. The van der Waals surface area contributed by atoms with Gasteiger partial charge in [-0.25, -0.2) is 4.39 Å². The van der Waals surface area contributed by atoms with E-state index in [9.17, 15) is 9.50 Å². The number of anilines is 1. The number of nitrogens with zero attached hydrogens (tertiary/aromatic N) is 1. The molecular formula is C14H16FNO2. The maximum Gasteiger partial charge on any atom is 0.146 e. The van der Waals surface area contributed by atoms with Gasteiger partial charge in [0.1, 0.15) is 11.6 Å². The Morgan fingerprint density at radius 1 is 1.33 bits per heavy atom. The fourth-order valence-electron chi connectivity index (χ4n) is 1.99. The zero-order chi connectivity index (χ0) is 13.1. The second kappa shape index (κ2) is 5.23. The molecule has 0 saturated heterocycles. The molecule has 1 atom stereocenters. The third-order valence-corrected chi connectivity index (χ3v) is 2.82. The highest BCUT2D eigenvalue weighted by atomic mass is 19.1. The molecule has 0 unspecified atom stereocenters. The number of aliphatic hydroxyl groups is 1. The van der Waals surface area contributed by atoms with E-state index in [1.807, 2.05) is 6.07 Å². The van der Waals surface area contributed by atoms with Crippen LogP contribution in [0.3, 0.4) is 0 Å². The van der Waals surface area contributed by atoms with Crippen LogP contribution in [0.2, 0.25) is 0 Å². The molecule has 0 fully saturated rings. The Labute approximate surface area is 105 Å². The molecule has 96 valence electrons. The Kier molecular flexibility index (Phi) is 3.67. The summed E-state index contributed by atoms with van der Waals surface area (Å²) in [6.07, 6.45) is 0.870. The van der Waals surface area contributed by atoms with Crippen LogP contribution >= 0.6 is 0 Å². The fraction of sp³-hybridized carbons (Fsp3) is 0.286. The monoisotopic (exact) mass is 249 g/mol. The fourth-order valence-corrected chi connectivity index (χ4v) is 1.99. The van der Waals surface area contributed by atoms with Crippen molar-refractivity contribution in [1.82, 2.24) is 0 Å². The van der Waals surface area contributed by atoms with Gasteiger partial charge in [0.25, 0.3) is 0 Å². The second-order valence-corrected chi connectivity index (χ2v) is 4.29. The third kappa shape index (κ3) is 2.54. The second-order valence-electron chi connectivity index (χ2n) is 4.29. The normalized spacial score (nSPS) is 12.4. The topological polar surface area (TPSA) is 36.6 Å². The number of aliphatic hydroxyl groups excluding tert-OH is 1. The van der Waals surface area contributed by atoms with Crippen LogP contribution in [0, 0.1) is 5.82 Å². The van der Waals surface area contributed by atoms with Crippen molar-refractivity contribution in [3.8, 4) is 0 Å². The zero-order valence-corrected chi connectivity index (χ0v) is 10.4. The molecule has 0 aliphatic heterocycles. The molecule has 0 radical (unpaired) electrons. The van der Waals surface area contributed by atoms with Gasteiger partial charge in [-0.05, 0) is 25.1 Å². The van der Waals surface area contributed by atoms with Crippen LogP contribution in [-0.2, 0) is 6.54 Å². The molecule has 0 saturated carbocycles. The first-order valence-corrected chi connectivity index (χ1v) is 5.79. The van der Waals surface area contributed by atoms with Crippen molar-refractivity contribution < 1.29 is 13.9 Å². The molecule has 1 aromatic heterocycles. The lowest BCUT2D eigenvalue weighted by Gasteiger charge is -2.23. The van der Waals surface area contributed by atoms with Gasteiger partial charge in [-0.15, -0.1) is 0 Å². The highest BCUT2D eigenvalue weighted by molar-refractivity contribution is 5.55. The molecule has 2 rings (SSSR count). The van der Waals surface area contributed by atoms with Crippen molar-refractivity contribution in [2.75, 3.05) is 11.9 Å². The molecule has 0 aliphatic rings. The van der Waals surface area contributed by atoms with Crippen molar-refractivity contribution in [2.24, 2.45) is 0 Å². The smallest absolute Gasteiger partial charge is 0.146 e. The van der Waals surface area contributed by atoms with Gasteiger partial charge < -0.3 is 14.4 Å². The van der Waals surface area contributed by atoms with Crippen molar-refractivity contribution in [3.05, 3.63) is 53.7 Å². The molecule has 1 heterocycles. The predicted octanol–water partition coefficient (Wildman–Crippen LogP) is 3.11. The molecule has 4 heteroatoms. The standard InChI is InChI=1S/C14H16FNO2/c1-10(17)12-6-3-7-13(15)14(12)16(2)9-11-5-4-8-18-11/h3-8,10,17H,9H2,1-2H3/t10-/m0/s1. The summed E-state index contributed by atoms with van der Waals surface area (Å²) in [5.41, 5.74) is 0.980. The summed E-state index contributed by atoms with van der Waals surface area (Å²) >= 11 is 0. The highest BCUT2D eigenvalue weighted by Crippen LogP contribution is 2.29. The summed E-state index contributed by atoms with van der Waals surface area (Å²) in [5, 5.41) is 9.69. The number of halogens is 1. The number of rotatable bonds is 4. The lowest BCUT2D eigenvalue weighted by Crippen LogP contribution is -2.19. The quantitative estimate of drug-likeness (QED) is 0.904. The molecule has 0 amide bonds. The Hall–Kier alpha value is -1.81. The predicted molar refractivity (Wildman–Crippen MR) is 67.8 cm³/mol. The highest BCUT2D eigenvalue weighted by Gasteiger charge is 2.16. The number of hydrogen-bond donors (Lipinski definition) is 1. The molecule has 3 nitrogen and oxygen atoms in total. The number of hydrogen-bond acceptors (Lipinski definition) is 3. The van der Waals surface area contributed by atoms with Crippen molar-refractivity contribution in [2.45, 2.75) is 19.6 Å². The molecule has 1 aromatic carbocycles. The van der Waals surface area contributed by atoms with Crippen molar-refractivity contribution >= 4 is 5.69 Å². The summed E-state index contributed by atoms with van der Waals surface area (Å²) in [6.45, 7) is 2.08. The molecule has 1 N–H and O–H groups in total. The van der Waals surface area contributed by atoms with Crippen LogP contribution in [0.1, 0.15) is 24.4 Å².